The van der Waals surface area contributed by atoms with Crippen molar-refractivity contribution >= 4 is 23.3 Å². The molecule has 0 fully saturated rings. The fourth-order valence-corrected chi connectivity index (χ4v) is 1.67. The van der Waals surface area contributed by atoms with Crippen LogP contribution < -0.4 is 21.7 Å². The minimum Gasteiger partial charge on any atom is -0.397 e. The van der Waals surface area contributed by atoms with Gasteiger partial charge < -0.3 is 21.7 Å². The van der Waals surface area contributed by atoms with Gasteiger partial charge in [-0.1, -0.05) is 0 Å². The molecule has 2 amide bonds. The minimum absolute atomic E-state index is 0.113. The Morgan fingerprint density at radius 2 is 2.11 bits per heavy atom. The van der Waals surface area contributed by atoms with Crippen LogP contribution in [-0.4, -0.2) is 36.4 Å². The summed E-state index contributed by atoms with van der Waals surface area (Å²) in [4.78, 5) is 28.8. The summed E-state index contributed by atoms with van der Waals surface area (Å²) in [6.07, 6.45) is 1.43. The van der Waals surface area contributed by atoms with Gasteiger partial charge in [-0.05, 0) is 19.9 Å². The number of nitrogen functional groups attached to an aromatic ring is 1. The standard InChI is InChI=1S/C12H19N5O2/c1-3-15-10(18)7-17(4-2)12-9(11(14)19)5-8(13)6-16-12/h5-6H,3-4,7,13H2,1-2H3,(H2,14,19)(H,15,18). The molecule has 0 radical (unpaired) electrons. The molecule has 1 rings (SSSR count). The number of rotatable bonds is 6. The van der Waals surface area contributed by atoms with Crippen molar-refractivity contribution in [3.05, 3.63) is 17.8 Å². The molecule has 1 heterocycles. The van der Waals surface area contributed by atoms with Crippen molar-refractivity contribution in [3.8, 4) is 0 Å². The number of primary amides is 1. The van der Waals surface area contributed by atoms with E-state index < -0.39 is 5.91 Å². The molecular weight excluding hydrogens is 246 g/mol. The maximum Gasteiger partial charge on any atom is 0.252 e. The first-order chi connectivity index (χ1) is 8.99. The number of aromatic nitrogens is 1. The van der Waals surface area contributed by atoms with E-state index in [0.29, 0.717) is 24.6 Å². The van der Waals surface area contributed by atoms with Crippen LogP contribution in [0, 0.1) is 0 Å². The first-order valence-electron chi connectivity index (χ1n) is 6.06. The van der Waals surface area contributed by atoms with E-state index in [1.165, 1.54) is 12.3 Å². The SMILES string of the molecule is CCNC(=O)CN(CC)c1ncc(N)cc1C(N)=O. The molecule has 0 saturated carbocycles. The van der Waals surface area contributed by atoms with Crippen molar-refractivity contribution in [2.24, 2.45) is 5.73 Å². The number of nitrogens with zero attached hydrogens (tertiary/aromatic N) is 2. The fourth-order valence-electron chi connectivity index (χ4n) is 1.67. The molecule has 1 aromatic rings. The zero-order valence-corrected chi connectivity index (χ0v) is 11.1. The topological polar surface area (TPSA) is 114 Å². The molecule has 7 heteroatoms. The number of nitrogens with one attached hydrogen (secondary N) is 1. The van der Waals surface area contributed by atoms with Crippen molar-refractivity contribution in [1.82, 2.24) is 10.3 Å². The van der Waals surface area contributed by atoms with Crippen molar-refractivity contribution in [1.29, 1.82) is 0 Å². The highest BCUT2D eigenvalue weighted by molar-refractivity contribution is 5.99. The second-order valence-electron chi connectivity index (χ2n) is 3.97. The Bertz CT molecular complexity index is 475. The Morgan fingerprint density at radius 1 is 1.42 bits per heavy atom. The molecule has 0 aliphatic heterocycles. The highest BCUT2D eigenvalue weighted by Gasteiger charge is 2.17. The largest absolute Gasteiger partial charge is 0.397 e. The van der Waals surface area contributed by atoms with Gasteiger partial charge in [0.15, 0.2) is 0 Å². The summed E-state index contributed by atoms with van der Waals surface area (Å²) in [5.41, 5.74) is 11.5. The quantitative estimate of drug-likeness (QED) is 0.654. The molecule has 104 valence electrons. The first-order valence-corrected chi connectivity index (χ1v) is 6.06. The van der Waals surface area contributed by atoms with Crippen molar-refractivity contribution in [2.75, 3.05) is 30.3 Å². The summed E-state index contributed by atoms with van der Waals surface area (Å²) in [7, 11) is 0. The van der Waals surface area contributed by atoms with Crippen LogP contribution in [0.5, 0.6) is 0 Å². The molecule has 0 aliphatic rings. The molecule has 0 aliphatic carbocycles. The smallest absolute Gasteiger partial charge is 0.252 e. The average Bonchev–Trinajstić information content (AvgIpc) is 2.36. The van der Waals surface area contributed by atoms with Gasteiger partial charge in [0.2, 0.25) is 5.91 Å². The lowest BCUT2D eigenvalue weighted by molar-refractivity contribution is -0.119. The van der Waals surface area contributed by atoms with Gasteiger partial charge in [-0.3, -0.25) is 9.59 Å². The maximum absolute atomic E-state index is 11.6. The first kappa shape index (κ1) is 14.7. The zero-order valence-electron chi connectivity index (χ0n) is 11.1. The van der Waals surface area contributed by atoms with E-state index in [-0.39, 0.29) is 18.0 Å². The van der Waals surface area contributed by atoms with Gasteiger partial charge in [-0.2, -0.15) is 0 Å². The van der Waals surface area contributed by atoms with Gasteiger partial charge in [0.05, 0.1) is 24.0 Å². The van der Waals surface area contributed by atoms with Gasteiger partial charge in [-0.15, -0.1) is 0 Å². The van der Waals surface area contributed by atoms with Crippen molar-refractivity contribution in [3.63, 3.8) is 0 Å². The van der Waals surface area contributed by atoms with E-state index in [1.54, 1.807) is 4.90 Å². The predicted octanol–water partition coefficient (Wildman–Crippen LogP) is -0.275. The van der Waals surface area contributed by atoms with Gasteiger partial charge in [0.25, 0.3) is 5.91 Å². The van der Waals surface area contributed by atoms with Gasteiger partial charge >= 0.3 is 0 Å². The molecule has 1 aromatic heterocycles. The van der Waals surface area contributed by atoms with Crippen molar-refractivity contribution < 1.29 is 9.59 Å². The highest BCUT2D eigenvalue weighted by Crippen LogP contribution is 2.19. The van der Waals surface area contributed by atoms with Crippen LogP contribution in [0.4, 0.5) is 11.5 Å². The number of anilines is 2. The number of likely N-dealkylation sites (N-methyl/N-ethyl adjacent to an activating group) is 2. The monoisotopic (exact) mass is 265 g/mol. The van der Waals surface area contributed by atoms with E-state index in [0.717, 1.165) is 0 Å². The second kappa shape index (κ2) is 6.58. The molecule has 0 aromatic carbocycles. The van der Waals surface area contributed by atoms with Gasteiger partial charge in [-0.25, -0.2) is 4.98 Å². The molecule has 0 unspecified atom stereocenters. The number of hydrogen-bond acceptors (Lipinski definition) is 5. The molecule has 0 atom stereocenters. The molecule has 19 heavy (non-hydrogen) atoms. The number of nitrogens with two attached hydrogens (primary N) is 2. The molecule has 5 N–H and O–H groups in total. The predicted molar refractivity (Wildman–Crippen MR) is 73.7 cm³/mol. The summed E-state index contributed by atoms with van der Waals surface area (Å²) in [6.45, 7) is 4.89. The van der Waals surface area contributed by atoms with Crippen LogP contribution in [0.25, 0.3) is 0 Å². The van der Waals surface area contributed by atoms with E-state index in [4.69, 9.17) is 11.5 Å². The number of amides is 2. The summed E-state index contributed by atoms with van der Waals surface area (Å²) in [6, 6.07) is 1.46. The van der Waals surface area contributed by atoms with E-state index in [9.17, 15) is 9.59 Å². The molecule has 7 nitrogen and oxygen atoms in total. The minimum atomic E-state index is -0.621. The van der Waals surface area contributed by atoms with Crippen LogP contribution in [0.1, 0.15) is 24.2 Å². The van der Waals surface area contributed by atoms with Crippen LogP contribution in [0.2, 0.25) is 0 Å². The lowest BCUT2D eigenvalue weighted by Gasteiger charge is -2.23. The molecule has 0 spiro atoms. The molecule has 0 saturated heterocycles. The fraction of sp³-hybridized carbons (Fsp3) is 0.417. The van der Waals surface area contributed by atoms with Crippen LogP contribution >= 0.6 is 0 Å². The maximum atomic E-state index is 11.6. The van der Waals surface area contributed by atoms with Gasteiger partial charge in [0, 0.05) is 13.1 Å². The lowest BCUT2D eigenvalue weighted by Crippen LogP contribution is -2.38. The van der Waals surface area contributed by atoms with Crippen LogP contribution in [0.15, 0.2) is 12.3 Å². The molecular formula is C12H19N5O2. The van der Waals surface area contributed by atoms with Crippen LogP contribution in [0.3, 0.4) is 0 Å². The Balaban J connectivity index is 3.04. The highest BCUT2D eigenvalue weighted by atomic mass is 16.2. The van der Waals surface area contributed by atoms with E-state index in [2.05, 4.69) is 10.3 Å². The second-order valence-corrected chi connectivity index (χ2v) is 3.97. The summed E-state index contributed by atoms with van der Waals surface area (Å²) >= 11 is 0. The third kappa shape index (κ3) is 3.84. The number of pyridine rings is 1. The number of carbonyl (C=O) groups excluding carboxylic acids is 2. The zero-order chi connectivity index (χ0) is 14.4. The molecule has 0 bridgehead atoms. The number of hydrogen-bond donors (Lipinski definition) is 3. The Morgan fingerprint density at radius 3 is 2.63 bits per heavy atom. The van der Waals surface area contributed by atoms with Gasteiger partial charge in [0.1, 0.15) is 5.82 Å². The Labute approximate surface area is 112 Å². The Kier molecular flexibility index (Phi) is 5.11. The normalized spacial score (nSPS) is 10.0. The van der Waals surface area contributed by atoms with Crippen molar-refractivity contribution in [2.45, 2.75) is 13.8 Å². The number of carbonyl (C=O) groups is 2. The third-order valence-corrected chi connectivity index (χ3v) is 2.54. The van der Waals surface area contributed by atoms with Crippen LogP contribution in [-0.2, 0) is 4.79 Å². The third-order valence-electron chi connectivity index (χ3n) is 2.54. The average molecular weight is 265 g/mol. The Hall–Kier alpha value is -2.31. The lowest BCUT2D eigenvalue weighted by atomic mass is 10.2. The summed E-state index contributed by atoms with van der Waals surface area (Å²) < 4.78 is 0. The summed E-state index contributed by atoms with van der Waals surface area (Å²) in [5.74, 6) is -0.391. The van der Waals surface area contributed by atoms with E-state index in [1.807, 2.05) is 13.8 Å². The van der Waals surface area contributed by atoms with E-state index >= 15 is 0 Å². The summed E-state index contributed by atoms with van der Waals surface area (Å²) in [5, 5.41) is 2.69.